The van der Waals surface area contributed by atoms with E-state index in [0.717, 1.165) is 19.3 Å². The third-order valence-corrected chi connectivity index (χ3v) is 2.78. The number of alkyl carbamates (subject to hydrolysis) is 1. The number of ether oxygens (including phenoxy) is 1. The van der Waals surface area contributed by atoms with Gasteiger partial charge in [0.2, 0.25) is 0 Å². The molecule has 0 aromatic rings. The van der Waals surface area contributed by atoms with Gasteiger partial charge in [0.25, 0.3) is 0 Å². The molecule has 0 aromatic heterocycles. The molecule has 4 heteroatoms. The van der Waals surface area contributed by atoms with Crippen molar-refractivity contribution >= 4 is 17.7 Å². The van der Waals surface area contributed by atoms with Gasteiger partial charge >= 0.3 is 6.09 Å². The summed E-state index contributed by atoms with van der Waals surface area (Å²) < 4.78 is 5.16. The second-order valence-corrected chi connectivity index (χ2v) is 5.67. The van der Waals surface area contributed by atoms with E-state index in [2.05, 4.69) is 5.32 Å². The van der Waals surface area contributed by atoms with Gasteiger partial charge in [0.05, 0.1) is 0 Å². The van der Waals surface area contributed by atoms with Crippen LogP contribution in [0.4, 0.5) is 4.79 Å². The number of halogens is 1. The van der Waals surface area contributed by atoms with E-state index in [4.69, 9.17) is 16.3 Å². The van der Waals surface area contributed by atoms with Crippen LogP contribution in [0.1, 0.15) is 40.0 Å². The molecule has 0 aliphatic heterocycles. The van der Waals surface area contributed by atoms with E-state index in [0.29, 0.717) is 12.4 Å². The van der Waals surface area contributed by atoms with E-state index < -0.39 is 5.60 Å². The average molecular weight is 234 g/mol. The van der Waals surface area contributed by atoms with Crippen LogP contribution in [0, 0.1) is 5.41 Å². The summed E-state index contributed by atoms with van der Waals surface area (Å²) >= 11 is 5.70. The Labute approximate surface area is 96.5 Å². The minimum absolute atomic E-state index is 0.263. The van der Waals surface area contributed by atoms with E-state index in [-0.39, 0.29) is 11.5 Å². The molecule has 0 heterocycles. The summed E-state index contributed by atoms with van der Waals surface area (Å²) in [6.45, 7) is 6.27. The maximum Gasteiger partial charge on any atom is 0.407 e. The molecule has 0 spiro atoms. The first-order chi connectivity index (χ1) is 6.87. The van der Waals surface area contributed by atoms with Gasteiger partial charge in [-0.05, 0) is 45.4 Å². The van der Waals surface area contributed by atoms with Crippen LogP contribution in [0.25, 0.3) is 0 Å². The van der Waals surface area contributed by atoms with E-state index >= 15 is 0 Å². The highest BCUT2D eigenvalue weighted by Gasteiger charge is 2.42. The minimum atomic E-state index is -0.423. The Morgan fingerprint density at radius 1 is 1.47 bits per heavy atom. The number of rotatable bonds is 4. The monoisotopic (exact) mass is 233 g/mol. The predicted molar refractivity (Wildman–Crippen MR) is 61.2 cm³/mol. The van der Waals surface area contributed by atoms with Crippen LogP contribution in [0.3, 0.4) is 0 Å². The molecule has 15 heavy (non-hydrogen) atoms. The highest BCUT2D eigenvalue weighted by atomic mass is 35.5. The molecule has 0 radical (unpaired) electrons. The highest BCUT2D eigenvalue weighted by Crippen LogP contribution is 2.48. The highest BCUT2D eigenvalue weighted by molar-refractivity contribution is 6.17. The third kappa shape index (κ3) is 4.74. The van der Waals surface area contributed by atoms with Crippen molar-refractivity contribution in [1.29, 1.82) is 0 Å². The van der Waals surface area contributed by atoms with Gasteiger partial charge in [0, 0.05) is 12.4 Å². The lowest BCUT2D eigenvalue weighted by Crippen LogP contribution is -2.35. The second-order valence-electron chi connectivity index (χ2n) is 5.29. The van der Waals surface area contributed by atoms with Crippen LogP contribution >= 0.6 is 11.6 Å². The van der Waals surface area contributed by atoms with Crippen LogP contribution in [0.15, 0.2) is 0 Å². The van der Waals surface area contributed by atoms with Gasteiger partial charge < -0.3 is 10.1 Å². The molecule has 1 fully saturated rings. The first-order valence-corrected chi connectivity index (χ1v) is 5.93. The van der Waals surface area contributed by atoms with E-state index in [1.54, 1.807) is 0 Å². The van der Waals surface area contributed by atoms with Gasteiger partial charge in [0.15, 0.2) is 0 Å². The maximum atomic E-state index is 11.4. The molecule has 88 valence electrons. The zero-order valence-electron chi connectivity index (χ0n) is 9.73. The molecule has 1 N–H and O–H groups in total. The molecule has 0 saturated heterocycles. The molecule has 1 amide bonds. The number of hydrogen-bond acceptors (Lipinski definition) is 2. The molecule has 1 aliphatic carbocycles. The van der Waals surface area contributed by atoms with E-state index in [1.807, 2.05) is 20.8 Å². The Morgan fingerprint density at radius 2 is 2.07 bits per heavy atom. The van der Waals surface area contributed by atoms with Crippen LogP contribution < -0.4 is 5.32 Å². The van der Waals surface area contributed by atoms with Crippen LogP contribution in [-0.4, -0.2) is 24.1 Å². The molecule has 1 aliphatic rings. The zero-order chi connectivity index (χ0) is 11.5. The lowest BCUT2D eigenvalue weighted by atomic mass is 10.0. The summed E-state index contributed by atoms with van der Waals surface area (Å²) in [7, 11) is 0. The smallest absolute Gasteiger partial charge is 0.407 e. The number of carbonyl (C=O) groups is 1. The normalized spacial score (nSPS) is 18.4. The fraction of sp³-hybridized carbons (Fsp3) is 0.909. The number of hydrogen-bond donors (Lipinski definition) is 1. The lowest BCUT2D eigenvalue weighted by molar-refractivity contribution is 0.0516. The second kappa shape index (κ2) is 4.60. The minimum Gasteiger partial charge on any atom is -0.444 e. The van der Waals surface area contributed by atoms with Crippen molar-refractivity contribution < 1.29 is 9.53 Å². The van der Waals surface area contributed by atoms with Crippen LogP contribution in [0.2, 0.25) is 0 Å². The Balaban J connectivity index is 2.23. The number of amides is 1. The molecule has 0 unspecified atom stereocenters. The SMILES string of the molecule is CC(C)(C)OC(=O)NCC1(CCCl)CC1. The molecule has 3 nitrogen and oxygen atoms in total. The molecule has 1 rings (SSSR count). The Hall–Kier alpha value is -0.440. The van der Waals surface area contributed by atoms with Crippen molar-refractivity contribution in [3.63, 3.8) is 0 Å². The van der Waals surface area contributed by atoms with Gasteiger partial charge in [-0.25, -0.2) is 4.79 Å². The van der Waals surface area contributed by atoms with Crippen molar-refractivity contribution in [2.45, 2.75) is 45.6 Å². The third-order valence-electron chi connectivity index (χ3n) is 2.59. The molecule has 0 atom stereocenters. The van der Waals surface area contributed by atoms with E-state index in [9.17, 15) is 4.79 Å². The topological polar surface area (TPSA) is 38.3 Å². The summed E-state index contributed by atoms with van der Waals surface area (Å²) in [4.78, 5) is 11.4. The van der Waals surface area contributed by atoms with Gasteiger partial charge in [-0.1, -0.05) is 0 Å². The molecular weight excluding hydrogens is 214 g/mol. The quantitative estimate of drug-likeness (QED) is 0.759. The van der Waals surface area contributed by atoms with Crippen molar-refractivity contribution in [1.82, 2.24) is 5.32 Å². The first-order valence-electron chi connectivity index (χ1n) is 5.40. The van der Waals surface area contributed by atoms with Crippen LogP contribution in [0.5, 0.6) is 0 Å². The fourth-order valence-electron chi connectivity index (χ4n) is 1.47. The van der Waals surface area contributed by atoms with E-state index in [1.165, 1.54) is 0 Å². The standard InChI is InChI=1S/C11H20ClNO2/c1-10(2,3)15-9(14)13-8-11(4-5-11)6-7-12/h4-8H2,1-3H3,(H,13,14). The van der Waals surface area contributed by atoms with Crippen molar-refractivity contribution in [3.8, 4) is 0 Å². The summed E-state index contributed by atoms with van der Waals surface area (Å²) in [5.74, 6) is 0.663. The number of nitrogens with one attached hydrogen (secondary N) is 1. The molecule has 0 bridgehead atoms. The largest absolute Gasteiger partial charge is 0.444 e. The van der Waals surface area contributed by atoms with Gasteiger partial charge in [-0.2, -0.15) is 0 Å². The zero-order valence-corrected chi connectivity index (χ0v) is 10.5. The lowest BCUT2D eigenvalue weighted by Gasteiger charge is -2.21. The number of carbonyl (C=O) groups excluding carboxylic acids is 1. The Bertz CT molecular complexity index is 231. The molecule has 0 aromatic carbocycles. The number of alkyl halides is 1. The Morgan fingerprint density at radius 3 is 2.47 bits per heavy atom. The summed E-state index contributed by atoms with van der Waals surface area (Å²) in [5.41, 5.74) is -0.161. The van der Waals surface area contributed by atoms with Crippen LogP contribution in [-0.2, 0) is 4.74 Å². The summed E-state index contributed by atoms with van der Waals surface area (Å²) in [5, 5.41) is 2.81. The van der Waals surface area contributed by atoms with Crippen molar-refractivity contribution in [2.75, 3.05) is 12.4 Å². The van der Waals surface area contributed by atoms with Gasteiger partial charge in [0.1, 0.15) is 5.60 Å². The first kappa shape index (κ1) is 12.6. The summed E-state index contributed by atoms with van der Waals surface area (Å²) in [6.07, 6.45) is 2.97. The predicted octanol–water partition coefficient (Wildman–Crippen LogP) is 2.92. The van der Waals surface area contributed by atoms with Crippen molar-refractivity contribution in [3.05, 3.63) is 0 Å². The Kier molecular flexibility index (Phi) is 3.87. The average Bonchev–Trinajstić information content (AvgIpc) is 2.80. The summed E-state index contributed by atoms with van der Waals surface area (Å²) in [6, 6.07) is 0. The molecular formula is C11H20ClNO2. The fourth-order valence-corrected chi connectivity index (χ4v) is 1.87. The van der Waals surface area contributed by atoms with Gasteiger partial charge in [-0.3, -0.25) is 0 Å². The van der Waals surface area contributed by atoms with Crippen molar-refractivity contribution in [2.24, 2.45) is 5.41 Å². The van der Waals surface area contributed by atoms with Gasteiger partial charge in [-0.15, -0.1) is 11.6 Å². The maximum absolute atomic E-state index is 11.4. The molecule has 1 saturated carbocycles.